The minimum Gasteiger partial charge on any atom is -0.403 e. The zero-order chi connectivity index (χ0) is 26.1. The first-order valence-electron chi connectivity index (χ1n) is 11.2. The van der Waals surface area contributed by atoms with E-state index in [-0.39, 0.29) is 53.5 Å². The second kappa shape index (κ2) is 10.1. The van der Waals surface area contributed by atoms with Crippen molar-refractivity contribution in [3.05, 3.63) is 54.3 Å². The van der Waals surface area contributed by atoms with Crippen molar-refractivity contribution >= 4 is 31.8 Å². The fraction of sp³-hybridized carbons (Fsp3) is 0.348. The number of carbonyl (C=O) groups excluding carboxylic acids is 1. The van der Waals surface area contributed by atoms with Gasteiger partial charge in [0.2, 0.25) is 21.8 Å². The summed E-state index contributed by atoms with van der Waals surface area (Å²) in [6.07, 6.45) is 0.560. The topological polar surface area (TPSA) is 140 Å². The third kappa shape index (κ3) is 5.32. The van der Waals surface area contributed by atoms with E-state index >= 15 is 0 Å². The minimum absolute atomic E-state index is 0.00421. The van der Waals surface area contributed by atoms with Crippen molar-refractivity contribution in [3.8, 4) is 11.5 Å². The molecule has 1 saturated heterocycles. The molecule has 4 rings (SSSR count). The number of carbonyl (C=O) groups is 1. The Balaban J connectivity index is 1.39. The van der Waals surface area contributed by atoms with Crippen molar-refractivity contribution in [2.75, 3.05) is 18.4 Å². The Bertz CT molecular complexity index is 1460. The average Bonchev–Trinajstić information content (AvgIpc) is 3.33. The summed E-state index contributed by atoms with van der Waals surface area (Å²) in [5.74, 6) is -1.34. The Labute approximate surface area is 208 Å². The summed E-state index contributed by atoms with van der Waals surface area (Å²) in [6.45, 7) is 3.43. The number of benzene rings is 2. The Morgan fingerprint density at radius 1 is 1.03 bits per heavy atom. The van der Waals surface area contributed by atoms with E-state index in [1.165, 1.54) is 28.6 Å². The second-order valence-electron chi connectivity index (χ2n) is 8.66. The highest BCUT2D eigenvalue weighted by atomic mass is 32.2. The number of aromatic nitrogens is 2. The predicted octanol–water partition coefficient (Wildman–Crippen LogP) is 3.10. The highest BCUT2D eigenvalue weighted by Crippen LogP contribution is 2.27. The lowest BCUT2D eigenvalue weighted by Crippen LogP contribution is -2.41. The maximum absolute atomic E-state index is 13.1. The molecule has 0 atom stereocenters. The third-order valence-electron chi connectivity index (χ3n) is 5.96. The second-order valence-corrected chi connectivity index (χ2v) is 13.1. The summed E-state index contributed by atoms with van der Waals surface area (Å²) in [6, 6.07) is 10.6. The van der Waals surface area contributed by atoms with E-state index in [1.807, 2.05) is 0 Å². The Hall–Kier alpha value is -3.16. The van der Waals surface area contributed by atoms with Crippen LogP contribution in [0.5, 0.6) is 0 Å². The maximum Gasteiger partial charge on any atom is 0.322 e. The van der Waals surface area contributed by atoms with Gasteiger partial charge in [0.05, 0.1) is 15.0 Å². The van der Waals surface area contributed by atoms with Crippen LogP contribution in [-0.2, 0) is 24.7 Å². The van der Waals surface area contributed by atoms with Gasteiger partial charge in [0.15, 0.2) is 9.84 Å². The summed E-state index contributed by atoms with van der Waals surface area (Å²) >= 11 is 0. The molecule has 0 aliphatic carbocycles. The molecule has 0 saturated carbocycles. The van der Waals surface area contributed by atoms with Crippen LogP contribution in [0.1, 0.15) is 26.7 Å². The van der Waals surface area contributed by atoms with Crippen LogP contribution in [0.3, 0.4) is 0 Å². The first kappa shape index (κ1) is 25.9. The highest BCUT2D eigenvalue weighted by molar-refractivity contribution is 7.92. The molecule has 1 amide bonds. The fourth-order valence-corrected chi connectivity index (χ4v) is 6.36. The summed E-state index contributed by atoms with van der Waals surface area (Å²) in [7, 11) is -7.27. The molecule has 0 radical (unpaired) electrons. The first-order chi connectivity index (χ1) is 17.0. The van der Waals surface area contributed by atoms with E-state index in [4.69, 9.17) is 4.42 Å². The molecule has 0 spiro atoms. The standard InChI is InChI=1S/C23H25FN4O6S2/c1-15(2)35(30,31)20-5-3-4-17(14-20)22-26-27-23(34-22)25-21(29)16-10-12-28(13-11-16)36(32,33)19-8-6-18(24)7-9-19/h3-9,14-16H,10-13H2,1-2H3,(H,25,27,29). The van der Waals surface area contributed by atoms with Crippen molar-refractivity contribution in [2.45, 2.75) is 41.7 Å². The lowest BCUT2D eigenvalue weighted by Gasteiger charge is -2.30. The van der Waals surface area contributed by atoms with Crippen LogP contribution in [0.2, 0.25) is 0 Å². The number of nitrogens with one attached hydrogen (secondary N) is 1. The van der Waals surface area contributed by atoms with E-state index in [1.54, 1.807) is 26.0 Å². The van der Waals surface area contributed by atoms with Gasteiger partial charge in [0, 0.05) is 24.6 Å². The number of halogens is 1. The number of piperidine rings is 1. The molecule has 1 fully saturated rings. The molecule has 10 nitrogen and oxygen atoms in total. The minimum atomic E-state index is -3.78. The van der Waals surface area contributed by atoms with Gasteiger partial charge in [-0.2, -0.15) is 4.31 Å². The van der Waals surface area contributed by atoms with Gasteiger partial charge in [0.1, 0.15) is 5.82 Å². The summed E-state index contributed by atoms with van der Waals surface area (Å²) in [5, 5.41) is 9.67. The Morgan fingerprint density at radius 3 is 2.33 bits per heavy atom. The summed E-state index contributed by atoms with van der Waals surface area (Å²) < 4.78 is 70.3. The molecule has 2 aromatic carbocycles. The van der Waals surface area contributed by atoms with Crippen LogP contribution >= 0.6 is 0 Å². The smallest absolute Gasteiger partial charge is 0.322 e. The maximum atomic E-state index is 13.1. The number of sulfonamides is 1. The fourth-order valence-electron chi connectivity index (χ4n) is 3.79. The van der Waals surface area contributed by atoms with Gasteiger partial charge in [-0.3, -0.25) is 10.1 Å². The van der Waals surface area contributed by atoms with Crippen molar-refractivity contribution in [3.63, 3.8) is 0 Å². The van der Waals surface area contributed by atoms with Crippen molar-refractivity contribution < 1.29 is 30.4 Å². The quantitative estimate of drug-likeness (QED) is 0.486. The molecular weight excluding hydrogens is 511 g/mol. The number of sulfone groups is 1. The first-order valence-corrected chi connectivity index (χ1v) is 14.2. The molecule has 3 aromatic rings. The average molecular weight is 537 g/mol. The van der Waals surface area contributed by atoms with Gasteiger partial charge >= 0.3 is 6.01 Å². The third-order valence-corrected chi connectivity index (χ3v) is 10.0. The molecular formula is C23H25FN4O6S2. The van der Waals surface area contributed by atoms with Crippen LogP contribution < -0.4 is 5.32 Å². The predicted molar refractivity (Wildman–Crippen MR) is 129 cm³/mol. The van der Waals surface area contributed by atoms with E-state index < -0.39 is 36.8 Å². The molecule has 192 valence electrons. The summed E-state index contributed by atoms with van der Waals surface area (Å²) in [5.41, 5.74) is 0.393. The largest absolute Gasteiger partial charge is 0.403 e. The normalized spacial score (nSPS) is 15.8. The molecule has 1 aliphatic rings. The van der Waals surface area contributed by atoms with Crippen molar-refractivity contribution in [2.24, 2.45) is 5.92 Å². The zero-order valence-electron chi connectivity index (χ0n) is 19.6. The van der Waals surface area contributed by atoms with Crippen LogP contribution in [0, 0.1) is 11.7 Å². The molecule has 36 heavy (non-hydrogen) atoms. The number of amides is 1. The zero-order valence-corrected chi connectivity index (χ0v) is 21.2. The van der Waals surface area contributed by atoms with Gasteiger partial charge < -0.3 is 4.42 Å². The molecule has 1 aliphatic heterocycles. The van der Waals surface area contributed by atoms with Crippen molar-refractivity contribution in [1.82, 2.24) is 14.5 Å². The van der Waals surface area contributed by atoms with Gasteiger partial charge in [0.25, 0.3) is 0 Å². The molecule has 1 aromatic heterocycles. The van der Waals surface area contributed by atoms with Crippen LogP contribution in [0.15, 0.2) is 62.7 Å². The van der Waals surface area contributed by atoms with Gasteiger partial charge in [-0.15, -0.1) is 5.10 Å². The van der Waals surface area contributed by atoms with E-state index in [2.05, 4.69) is 15.5 Å². The number of nitrogens with zero attached hydrogens (tertiary/aromatic N) is 3. The SMILES string of the molecule is CC(C)S(=O)(=O)c1cccc(-c2nnc(NC(=O)C3CCN(S(=O)(=O)c4ccc(F)cc4)CC3)o2)c1. The van der Waals surface area contributed by atoms with Crippen LogP contribution in [-0.4, -0.2) is 55.6 Å². The number of anilines is 1. The molecule has 0 bridgehead atoms. The molecule has 1 N–H and O–H groups in total. The Kier molecular flexibility index (Phi) is 7.25. The molecule has 0 unspecified atom stereocenters. The van der Waals surface area contributed by atoms with E-state index in [0.717, 1.165) is 12.1 Å². The number of rotatable bonds is 7. The highest BCUT2D eigenvalue weighted by Gasteiger charge is 2.32. The van der Waals surface area contributed by atoms with Gasteiger partial charge in [-0.25, -0.2) is 21.2 Å². The molecule has 2 heterocycles. The summed E-state index contributed by atoms with van der Waals surface area (Å²) in [4.78, 5) is 12.8. The lowest BCUT2D eigenvalue weighted by atomic mass is 9.97. The van der Waals surface area contributed by atoms with E-state index in [0.29, 0.717) is 5.56 Å². The monoisotopic (exact) mass is 536 g/mol. The Morgan fingerprint density at radius 2 is 1.69 bits per heavy atom. The van der Waals surface area contributed by atoms with Crippen LogP contribution in [0.4, 0.5) is 10.4 Å². The number of hydrogen-bond acceptors (Lipinski definition) is 8. The lowest BCUT2D eigenvalue weighted by molar-refractivity contribution is -0.121. The molecule has 13 heteroatoms. The number of hydrogen-bond donors (Lipinski definition) is 1. The van der Waals surface area contributed by atoms with Crippen LogP contribution in [0.25, 0.3) is 11.5 Å². The van der Waals surface area contributed by atoms with Gasteiger partial charge in [-0.1, -0.05) is 11.2 Å². The van der Waals surface area contributed by atoms with Crippen molar-refractivity contribution in [1.29, 1.82) is 0 Å². The van der Waals surface area contributed by atoms with Gasteiger partial charge in [-0.05, 0) is 69.2 Å². The van der Waals surface area contributed by atoms with E-state index in [9.17, 15) is 26.0 Å².